The van der Waals surface area contributed by atoms with Gasteiger partial charge in [-0.1, -0.05) is 51.1 Å². The maximum absolute atomic E-state index is 13.2. The molecule has 1 aliphatic carbocycles. The number of likely N-dealkylation sites (tertiary alicyclic amines) is 1. The largest absolute Gasteiger partial charge is 0.338 e. The van der Waals surface area contributed by atoms with Gasteiger partial charge in [-0.2, -0.15) is 0 Å². The van der Waals surface area contributed by atoms with Crippen molar-refractivity contribution in [3.05, 3.63) is 35.9 Å². The van der Waals surface area contributed by atoms with E-state index in [2.05, 4.69) is 38.2 Å². The molecular weight excluding hydrogens is 390 g/mol. The molecule has 31 heavy (non-hydrogen) atoms. The van der Waals surface area contributed by atoms with E-state index in [-0.39, 0.29) is 29.8 Å². The third-order valence-corrected chi connectivity index (χ3v) is 7.61. The molecule has 1 unspecified atom stereocenters. The van der Waals surface area contributed by atoms with Crippen LogP contribution in [0.4, 0.5) is 4.79 Å². The average Bonchev–Trinajstić information content (AvgIpc) is 3.27. The topological polar surface area (TPSA) is 69.7 Å². The first kappa shape index (κ1) is 21.8. The molecule has 1 saturated carbocycles. The highest BCUT2D eigenvalue weighted by Gasteiger charge is 2.53. The second kappa shape index (κ2) is 8.29. The van der Waals surface area contributed by atoms with Crippen LogP contribution in [-0.2, 0) is 16.0 Å². The second-order valence-electron chi connectivity index (χ2n) is 10.6. The monoisotopic (exact) mass is 425 g/mol. The minimum absolute atomic E-state index is 0.123. The molecule has 0 radical (unpaired) electrons. The fourth-order valence-corrected chi connectivity index (χ4v) is 5.62. The maximum Gasteiger partial charge on any atom is 0.325 e. The van der Waals surface area contributed by atoms with E-state index in [0.717, 1.165) is 37.0 Å². The third kappa shape index (κ3) is 4.35. The minimum Gasteiger partial charge on any atom is -0.338 e. The molecule has 0 bridgehead atoms. The van der Waals surface area contributed by atoms with Gasteiger partial charge >= 0.3 is 6.03 Å². The van der Waals surface area contributed by atoms with Crippen molar-refractivity contribution in [2.45, 2.75) is 77.3 Å². The van der Waals surface area contributed by atoms with Crippen molar-refractivity contribution in [1.29, 1.82) is 0 Å². The zero-order valence-electron chi connectivity index (χ0n) is 19.0. The molecule has 3 aliphatic rings. The van der Waals surface area contributed by atoms with Crippen molar-refractivity contribution >= 4 is 17.8 Å². The van der Waals surface area contributed by atoms with Gasteiger partial charge in [-0.15, -0.1) is 0 Å². The summed E-state index contributed by atoms with van der Waals surface area (Å²) in [6.45, 7) is 7.24. The molecule has 4 rings (SSSR count). The van der Waals surface area contributed by atoms with Crippen molar-refractivity contribution in [1.82, 2.24) is 15.1 Å². The molecule has 4 amide bonds. The Labute approximate surface area is 185 Å². The summed E-state index contributed by atoms with van der Waals surface area (Å²) in [5, 5.41) is 2.95. The number of hydrogen-bond donors (Lipinski definition) is 1. The molecule has 6 nitrogen and oxygen atoms in total. The van der Waals surface area contributed by atoms with Crippen LogP contribution in [0.3, 0.4) is 0 Å². The van der Waals surface area contributed by atoms with Crippen LogP contribution in [0, 0.1) is 11.3 Å². The highest BCUT2D eigenvalue weighted by molar-refractivity contribution is 6.09. The quantitative estimate of drug-likeness (QED) is 0.747. The van der Waals surface area contributed by atoms with Crippen LogP contribution in [-0.4, -0.2) is 52.3 Å². The number of hydrogen-bond acceptors (Lipinski definition) is 3. The van der Waals surface area contributed by atoms with E-state index in [9.17, 15) is 14.4 Å². The summed E-state index contributed by atoms with van der Waals surface area (Å²) in [5.41, 5.74) is 0.594. The number of carbonyl (C=O) groups is 3. The van der Waals surface area contributed by atoms with Crippen molar-refractivity contribution in [2.24, 2.45) is 11.3 Å². The zero-order valence-corrected chi connectivity index (χ0v) is 19.0. The summed E-state index contributed by atoms with van der Waals surface area (Å²) in [7, 11) is 0. The first-order chi connectivity index (χ1) is 14.7. The summed E-state index contributed by atoms with van der Waals surface area (Å²) in [4.78, 5) is 42.1. The standard InChI is InChI=1S/C25H35N3O3/c1-24(2,3)19-11-13-25(14-12-19)22(30)28(23(31)26-25)17-21(29)27-15-7-10-20(27)16-18-8-5-4-6-9-18/h4-6,8-9,19-20H,7,10-17H2,1-3H3,(H,26,31). The molecule has 168 valence electrons. The molecular formula is C25H35N3O3. The first-order valence-corrected chi connectivity index (χ1v) is 11.7. The van der Waals surface area contributed by atoms with Crippen molar-refractivity contribution in [3.8, 4) is 0 Å². The zero-order chi connectivity index (χ0) is 22.2. The second-order valence-corrected chi connectivity index (χ2v) is 10.6. The lowest BCUT2D eigenvalue weighted by molar-refractivity contribution is -0.140. The van der Waals surface area contributed by atoms with Gasteiger partial charge < -0.3 is 10.2 Å². The molecule has 3 fully saturated rings. The van der Waals surface area contributed by atoms with Gasteiger partial charge in [0, 0.05) is 12.6 Å². The van der Waals surface area contributed by atoms with Gasteiger partial charge in [0.2, 0.25) is 5.91 Å². The van der Waals surface area contributed by atoms with E-state index in [1.807, 2.05) is 23.1 Å². The van der Waals surface area contributed by atoms with E-state index in [1.54, 1.807) is 0 Å². The predicted octanol–water partition coefficient (Wildman–Crippen LogP) is 3.75. The summed E-state index contributed by atoms with van der Waals surface area (Å²) in [6, 6.07) is 9.89. The highest BCUT2D eigenvalue weighted by atomic mass is 16.2. The smallest absolute Gasteiger partial charge is 0.325 e. The number of carbonyl (C=O) groups excluding carboxylic acids is 3. The van der Waals surface area contributed by atoms with Gasteiger partial charge in [-0.05, 0) is 61.8 Å². The highest BCUT2D eigenvalue weighted by Crippen LogP contribution is 2.43. The van der Waals surface area contributed by atoms with E-state index >= 15 is 0 Å². The van der Waals surface area contributed by atoms with Crippen LogP contribution in [0.2, 0.25) is 0 Å². The number of benzene rings is 1. The molecule has 6 heteroatoms. The lowest BCUT2D eigenvalue weighted by Gasteiger charge is -2.40. The Hall–Kier alpha value is -2.37. The Bertz CT molecular complexity index is 837. The van der Waals surface area contributed by atoms with Crippen molar-refractivity contribution in [2.75, 3.05) is 13.1 Å². The van der Waals surface area contributed by atoms with E-state index < -0.39 is 11.6 Å². The van der Waals surface area contributed by atoms with Crippen molar-refractivity contribution in [3.63, 3.8) is 0 Å². The molecule has 1 aromatic rings. The molecule has 0 aromatic heterocycles. The van der Waals surface area contributed by atoms with E-state index in [1.165, 1.54) is 5.56 Å². The number of urea groups is 1. The van der Waals surface area contributed by atoms with Gasteiger partial charge in [0.05, 0.1) is 0 Å². The van der Waals surface area contributed by atoms with Crippen LogP contribution in [0.15, 0.2) is 30.3 Å². The summed E-state index contributed by atoms with van der Waals surface area (Å²) >= 11 is 0. The molecule has 1 atom stereocenters. The van der Waals surface area contributed by atoms with Gasteiger partial charge in [-0.3, -0.25) is 14.5 Å². The van der Waals surface area contributed by atoms with Crippen LogP contribution in [0.1, 0.15) is 64.9 Å². The van der Waals surface area contributed by atoms with Crippen LogP contribution >= 0.6 is 0 Å². The molecule has 1 spiro atoms. The lowest BCUT2D eigenvalue weighted by Crippen LogP contribution is -2.51. The number of amides is 4. The molecule has 1 N–H and O–H groups in total. The minimum atomic E-state index is -0.812. The SMILES string of the molecule is CC(C)(C)C1CCC2(CC1)NC(=O)N(CC(=O)N1CCCC1Cc1ccccc1)C2=O. The first-order valence-electron chi connectivity index (χ1n) is 11.7. The lowest BCUT2D eigenvalue weighted by atomic mass is 9.67. The van der Waals surface area contributed by atoms with E-state index in [0.29, 0.717) is 25.3 Å². The Morgan fingerprint density at radius 2 is 1.77 bits per heavy atom. The summed E-state index contributed by atoms with van der Waals surface area (Å²) < 4.78 is 0. The van der Waals surface area contributed by atoms with Crippen LogP contribution in [0.25, 0.3) is 0 Å². The van der Waals surface area contributed by atoms with Crippen molar-refractivity contribution < 1.29 is 14.4 Å². The fraction of sp³-hybridized carbons (Fsp3) is 0.640. The van der Waals surface area contributed by atoms with Crippen LogP contribution < -0.4 is 5.32 Å². The average molecular weight is 426 g/mol. The number of imide groups is 1. The van der Waals surface area contributed by atoms with Gasteiger partial charge in [0.25, 0.3) is 5.91 Å². The summed E-state index contributed by atoms with van der Waals surface area (Å²) in [6.07, 6.45) is 5.88. The molecule has 2 saturated heterocycles. The number of rotatable bonds is 4. The van der Waals surface area contributed by atoms with E-state index in [4.69, 9.17) is 0 Å². The third-order valence-electron chi connectivity index (χ3n) is 7.61. The molecule has 2 heterocycles. The normalized spacial score (nSPS) is 29.0. The molecule has 2 aliphatic heterocycles. The van der Waals surface area contributed by atoms with Gasteiger partial charge in [0.1, 0.15) is 12.1 Å². The maximum atomic E-state index is 13.2. The Morgan fingerprint density at radius 1 is 1.10 bits per heavy atom. The van der Waals surface area contributed by atoms with Gasteiger partial charge in [0.15, 0.2) is 0 Å². The van der Waals surface area contributed by atoms with Gasteiger partial charge in [-0.25, -0.2) is 4.79 Å². The Morgan fingerprint density at radius 3 is 2.42 bits per heavy atom. The fourth-order valence-electron chi connectivity index (χ4n) is 5.62. The predicted molar refractivity (Wildman–Crippen MR) is 119 cm³/mol. The molecule has 1 aromatic carbocycles. The van der Waals surface area contributed by atoms with Crippen LogP contribution in [0.5, 0.6) is 0 Å². The Balaban J connectivity index is 1.39. The Kier molecular flexibility index (Phi) is 5.84. The number of nitrogens with one attached hydrogen (secondary N) is 1. The number of nitrogens with zero attached hydrogens (tertiary/aromatic N) is 2. The summed E-state index contributed by atoms with van der Waals surface area (Å²) in [5.74, 6) is 0.209.